The summed E-state index contributed by atoms with van der Waals surface area (Å²) in [5.74, 6) is -0.883. The maximum absolute atomic E-state index is 13.6. The van der Waals surface area contributed by atoms with Crippen LogP contribution in [0, 0.1) is 23.0 Å². The van der Waals surface area contributed by atoms with Crippen molar-refractivity contribution in [2.45, 2.75) is 31.5 Å². The molecule has 4 rings (SSSR count). The number of urea groups is 1. The maximum atomic E-state index is 13.6. The number of nitriles is 1. The summed E-state index contributed by atoms with van der Waals surface area (Å²) in [6, 6.07) is 7.21. The molecule has 1 aromatic heterocycles. The zero-order valence-corrected chi connectivity index (χ0v) is 15.5. The number of carbonyl (C=O) groups is 1. The number of hydrogen-bond acceptors (Lipinski definition) is 5. The maximum Gasteiger partial charge on any atom is 0.341 e. The second-order valence-electron chi connectivity index (χ2n) is 6.92. The second-order valence-corrected chi connectivity index (χ2v) is 6.92. The van der Waals surface area contributed by atoms with Crippen LogP contribution in [-0.2, 0) is 0 Å². The lowest BCUT2D eigenvalue weighted by atomic mass is 10.0. The fraction of sp³-hybridized carbons (Fsp3) is 0.300. The van der Waals surface area contributed by atoms with E-state index in [1.165, 1.54) is 29.4 Å². The normalized spacial score (nSPS) is 22.9. The summed E-state index contributed by atoms with van der Waals surface area (Å²) in [7, 11) is 0. The van der Waals surface area contributed by atoms with Gasteiger partial charge in [0.05, 0.1) is 18.6 Å². The molecule has 0 saturated carbocycles. The zero-order chi connectivity index (χ0) is 20.5. The molecule has 9 heteroatoms. The quantitative estimate of drug-likeness (QED) is 0.796. The number of benzene rings is 1. The third-order valence-electron chi connectivity index (χ3n) is 5.08. The molecule has 2 amide bonds. The molecular weight excluding hydrogens is 380 g/mol. The van der Waals surface area contributed by atoms with Crippen molar-refractivity contribution >= 4 is 12.2 Å². The predicted octanol–water partition coefficient (Wildman–Crippen LogP) is 3.24. The van der Waals surface area contributed by atoms with Gasteiger partial charge in [0.15, 0.2) is 0 Å². The Balaban J connectivity index is 1.43. The van der Waals surface area contributed by atoms with Crippen molar-refractivity contribution in [1.29, 1.82) is 5.26 Å². The molecule has 0 aliphatic carbocycles. The van der Waals surface area contributed by atoms with Gasteiger partial charge in [0.1, 0.15) is 35.3 Å². The summed E-state index contributed by atoms with van der Waals surface area (Å²) >= 11 is 0. The number of pyridine rings is 1. The number of ether oxygens (including phenoxy) is 1. The van der Waals surface area contributed by atoms with E-state index in [-0.39, 0.29) is 23.9 Å². The highest BCUT2D eigenvalue weighted by Gasteiger charge is 2.44. The second kappa shape index (κ2) is 7.47. The van der Waals surface area contributed by atoms with Crippen LogP contribution in [0.3, 0.4) is 0 Å². The summed E-state index contributed by atoms with van der Waals surface area (Å²) in [5.41, 5.74) is 0.606. The van der Waals surface area contributed by atoms with Crippen molar-refractivity contribution in [2.75, 3.05) is 6.54 Å². The molecule has 0 unspecified atom stereocenters. The molecule has 0 radical (unpaired) electrons. The molecule has 1 saturated heterocycles. The summed E-state index contributed by atoms with van der Waals surface area (Å²) < 4.78 is 33.0. The molecule has 29 heavy (non-hydrogen) atoms. The molecule has 0 spiro atoms. The first-order valence-corrected chi connectivity index (χ1v) is 9.07. The Morgan fingerprint density at radius 1 is 1.28 bits per heavy atom. The molecule has 2 aromatic rings. The van der Waals surface area contributed by atoms with E-state index in [4.69, 9.17) is 10.00 Å². The van der Waals surface area contributed by atoms with Crippen LogP contribution in [0.15, 0.2) is 41.6 Å². The average Bonchev–Trinajstić information content (AvgIpc) is 3.19. The number of hydrogen-bond donors (Lipinski definition) is 0. The molecule has 1 fully saturated rings. The highest BCUT2D eigenvalue weighted by Crippen LogP contribution is 2.33. The Labute approximate surface area is 165 Å². The molecule has 1 aromatic carbocycles. The van der Waals surface area contributed by atoms with Gasteiger partial charge in [0.25, 0.3) is 0 Å². The van der Waals surface area contributed by atoms with E-state index in [1.54, 1.807) is 17.2 Å². The molecule has 3 atom stereocenters. The van der Waals surface area contributed by atoms with Crippen LogP contribution >= 0.6 is 0 Å². The van der Waals surface area contributed by atoms with Gasteiger partial charge in [0, 0.05) is 31.0 Å². The van der Waals surface area contributed by atoms with Crippen LogP contribution in [0.5, 0.6) is 5.75 Å². The van der Waals surface area contributed by atoms with Crippen LogP contribution in [0.1, 0.15) is 30.6 Å². The molecule has 0 N–H and O–H groups in total. The topological polar surface area (TPSA) is 81.8 Å². The van der Waals surface area contributed by atoms with Gasteiger partial charge in [-0.1, -0.05) is 0 Å². The van der Waals surface area contributed by atoms with Crippen molar-refractivity contribution in [3.63, 3.8) is 0 Å². The Morgan fingerprint density at radius 2 is 2.03 bits per heavy atom. The number of amides is 2. The molecule has 0 bridgehead atoms. The smallest absolute Gasteiger partial charge is 0.341 e. The van der Waals surface area contributed by atoms with Crippen LogP contribution in [-0.4, -0.2) is 45.8 Å². The number of halogens is 2. The van der Waals surface area contributed by atoms with Gasteiger partial charge in [-0.15, -0.1) is 0 Å². The lowest BCUT2D eigenvalue weighted by Gasteiger charge is -2.46. The molecule has 7 nitrogen and oxygen atoms in total. The van der Waals surface area contributed by atoms with Gasteiger partial charge in [-0.3, -0.25) is 0 Å². The van der Waals surface area contributed by atoms with Crippen LogP contribution in [0.2, 0.25) is 0 Å². The number of rotatable bonds is 3. The Kier molecular flexibility index (Phi) is 4.84. The van der Waals surface area contributed by atoms with E-state index in [0.29, 0.717) is 24.3 Å². The summed E-state index contributed by atoms with van der Waals surface area (Å²) in [4.78, 5) is 18.4. The minimum Gasteiger partial charge on any atom is -0.486 e. The van der Waals surface area contributed by atoms with Gasteiger partial charge in [-0.25, -0.2) is 23.6 Å². The largest absolute Gasteiger partial charge is 0.486 e. The number of hydrazone groups is 1. The Hall–Kier alpha value is -3.54. The number of carbonyl (C=O) groups excluding carboxylic acids is 1. The summed E-state index contributed by atoms with van der Waals surface area (Å²) in [6.45, 7) is 2.18. The predicted molar refractivity (Wildman–Crippen MR) is 99.0 cm³/mol. The van der Waals surface area contributed by atoms with E-state index in [0.717, 1.165) is 6.07 Å². The third-order valence-corrected chi connectivity index (χ3v) is 5.08. The minimum atomic E-state index is -0.695. The van der Waals surface area contributed by atoms with Crippen LogP contribution in [0.4, 0.5) is 13.6 Å². The first-order valence-electron chi connectivity index (χ1n) is 9.07. The average molecular weight is 397 g/mol. The van der Waals surface area contributed by atoms with E-state index < -0.39 is 17.7 Å². The highest BCUT2D eigenvalue weighted by atomic mass is 19.1. The minimum absolute atomic E-state index is 0.234. The molecule has 148 valence electrons. The van der Waals surface area contributed by atoms with Crippen molar-refractivity contribution in [1.82, 2.24) is 14.9 Å². The van der Waals surface area contributed by atoms with Crippen molar-refractivity contribution < 1.29 is 18.3 Å². The van der Waals surface area contributed by atoms with E-state index in [2.05, 4.69) is 10.1 Å². The first-order chi connectivity index (χ1) is 14.0. The zero-order valence-electron chi connectivity index (χ0n) is 15.5. The van der Waals surface area contributed by atoms with Gasteiger partial charge >= 0.3 is 6.03 Å². The number of likely N-dealkylation sites (tertiary alicyclic amines) is 1. The van der Waals surface area contributed by atoms with Gasteiger partial charge in [0.2, 0.25) is 0 Å². The molecule has 3 heterocycles. The fourth-order valence-corrected chi connectivity index (χ4v) is 3.46. The van der Waals surface area contributed by atoms with Crippen molar-refractivity contribution in [3.05, 3.63) is 59.4 Å². The van der Waals surface area contributed by atoms with E-state index >= 15 is 0 Å². The van der Waals surface area contributed by atoms with E-state index in [1.807, 2.05) is 13.0 Å². The lowest BCUT2D eigenvalue weighted by Crippen LogP contribution is -2.64. The third kappa shape index (κ3) is 3.61. The van der Waals surface area contributed by atoms with Crippen molar-refractivity contribution in [2.24, 2.45) is 5.10 Å². The van der Waals surface area contributed by atoms with Crippen LogP contribution < -0.4 is 4.74 Å². The molecule has 2 aliphatic rings. The SMILES string of the molecule is C[C@@H]1[C@H](Oc2ccnc(C#N)c2)CN1C(=O)N1N=CC[C@H]1c1cc(F)cc(F)c1. The van der Waals surface area contributed by atoms with Gasteiger partial charge in [-0.05, 0) is 30.7 Å². The number of aromatic nitrogens is 1. The van der Waals surface area contributed by atoms with Gasteiger partial charge < -0.3 is 9.64 Å². The summed E-state index contributed by atoms with van der Waals surface area (Å²) in [6.07, 6.45) is 3.18. The van der Waals surface area contributed by atoms with Crippen molar-refractivity contribution in [3.8, 4) is 11.8 Å². The van der Waals surface area contributed by atoms with Crippen LogP contribution in [0.25, 0.3) is 0 Å². The van der Waals surface area contributed by atoms with E-state index in [9.17, 15) is 13.6 Å². The first kappa shape index (κ1) is 18.8. The number of nitrogens with zero attached hydrogens (tertiary/aromatic N) is 5. The Bertz CT molecular complexity index is 1000. The van der Waals surface area contributed by atoms with Gasteiger partial charge in [-0.2, -0.15) is 10.4 Å². The monoisotopic (exact) mass is 397 g/mol. The summed E-state index contributed by atoms with van der Waals surface area (Å²) in [5, 5.41) is 14.3. The molecular formula is C20H17F2N5O2. The fourth-order valence-electron chi connectivity index (χ4n) is 3.46. The molecule has 2 aliphatic heterocycles. The lowest BCUT2D eigenvalue weighted by molar-refractivity contribution is -0.0197. The standard InChI is InChI=1S/C20H17F2N5O2/c1-12-19(29-17-2-4-24-16(9-17)10-23)11-26(12)20(28)27-18(3-5-25-27)13-6-14(21)8-15(22)7-13/h2,4-9,12,18-19H,3,11H2,1H3/t12-,18+,19-/m1/s1. The highest BCUT2D eigenvalue weighted by molar-refractivity contribution is 5.79. The Morgan fingerprint density at radius 3 is 2.72 bits per heavy atom.